The van der Waals surface area contributed by atoms with Gasteiger partial charge in [-0.3, -0.25) is 14.4 Å². The molecule has 0 fully saturated rings. The van der Waals surface area contributed by atoms with E-state index in [-0.39, 0.29) is 41.5 Å². The van der Waals surface area contributed by atoms with Crippen LogP contribution in [0.25, 0.3) is 0 Å². The van der Waals surface area contributed by atoms with Crippen LogP contribution in [0.15, 0.2) is 52.1 Å². The van der Waals surface area contributed by atoms with Crippen LogP contribution in [0.5, 0.6) is 5.75 Å². The molecule has 1 aromatic carbocycles. The number of pyridine rings is 1. The highest BCUT2D eigenvalue weighted by Gasteiger charge is 2.20. The van der Waals surface area contributed by atoms with Crippen molar-refractivity contribution in [1.29, 1.82) is 5.26 Å². The van der Waals surface area contributed by atoms with E-state index in [1.54, 1.807) is 13.1 Å². The summed E-state index contributed by atoms with van der Waals surface area (Å²) in [6.07, 6.45) is 1.82. The molecule has 3 aromatic rings. The maximum absolute atomic E-state index is 14.1. The number of ether oxygens (including phenoxy) is 2. The van der Waals surface area contributed by atoms with E-state index in [9.17, 15) is 24.0 Å². The Morgan fingerprint density at radius 3 is 2.74 bits per heavy atom. The van der Waals surface area contributed by atoms with Crippen molar-refractivity contribution in [2.75, 3.05) is 27.4 Å². The summed E-state index contributed by atoms with van der Waals surface area (Å²) in [5.74, 6) is -1.62. The molecular formula is C25H24FN3O5S. The highest BCUT2D eigenvalue weighted by Crippen LogP contribution is 2.23. The minimum atomic E-state index is -0.671. The Kier molecular flexibility index (Phi) is 8.89. The molecule has 3 rings (SSSR count). The summed E-state index contributed by atoms with van der Waals surface area (Å²) in [5.41, 5.74) is 0.143. The standard InChI is InChI=1S/C25H24FN3O5S/c1-28(13-17-6-9-35-16-17)23(30)15-34-22-5-4-20(26)11-21(22)24(31)19-10-18(12-27)25(32)29(14-19)7-3-8-33-2/h4-6,9-11,14,16H,3,7-8,13,15H2,1-2H3. The molecule has 0 aliphatic heterocycles. The van der Waals surface area contributed by atoms with Gasteiger partial charge in [-0.25, -0.2) is 4.39 Å². The first-order valence-corrected chi connectivity index (χ1v) is 11.6. The lowest BCUT2D eigenvalue weighted by atomic mass is 10.0. The highest BCUT2D eigenvalue weighted by atomic mass is 32.1. The molecule has 8 nitrogen and oxygen atoms in total. The first-order chi connectivity index (χ1) is 16.8. The summed E-state index contributed by atoms with van der Waals surface area (Å²) >= 11 is 1.53. The molecule has 0 aliphatic carbocycles. The maximum atomic E-state index is 14.1. The maximum Gasteiger partial charge on any atom is 0.268 e. The SMILES string of the molecule is COCCCn1cc(C(=O)c2cc(F)ccc2OCC(=O)N(C)Cc2ccsc2)cc(C#N)c1=O. The van der Waals surface area contributed by atoms with E-state index in [2.05, 4.69) is 0 Å². The fourth-order valence-electron chi connectivity index (χ4n) is 3.34. The van der Waals surface area contributed by atoms with Crippen LogP contribution in [0.3, 0.4) is 0 Å². The van der Waals surface area contributed by atoms with Crippen molar-refractivity contribution in [3.05, 3.63) is 85.7 Å². The number of thiophene rings is 1. The molecule has 35 heavy (non-hydrogen) atoms. The van der Waals surface area contributed by atoms with Crippen molar-refractivity contribution in [3.63, 3.8) is 0 Å². The van der Waals surface area contributed by atoms with Gasteiger partial charge in [0.15, 0.2) is 12.4 Å². The summed E-state index contributed by atoms with van der Waals surface area (Å²) in [6, 6.07) is 8.28. The molecular weight excluding hydrogens is 473 g/mol. The van der Waals surface area contributed by atoms with Gasteiger partial charge in [0.25, 0.3) is 11.5 Å². The smallest absolute Gasteiger partial charge is 0.268 e. The second-order valence-corrected chi connectivity index (χ2v) is 8.52. The van der Waals surface area contributed by atoms with Gasteiger partial charge in [0.05, 0.1) is 5.56 Å². The van der Waals surface area contributed by atoms with Gasteiger partial charge in [-0.1, -0.05) is 0 Å². The monoisotopic (exact) mass is 497 g/mol. The zero-order chi connectivity index (χ0) is 25.4. The Balaban J connectivity index is 1.83. The lowest BCUT2D eigenvalue weighted by Gasteiger charge is -2.18. The molecule has 0 bridgehead atoms. The number of methoxy groups -OCH3 is 1. The molecule has 1 amide bonds. The van der Waals surface area contributed by atoms with Crippen molar-refractivity contribution >= 4 is 23.0 Å². The van der Waals surface area contributed by atoms with Crippen molar-refractivity contribution in [3.8, 4) is 11.8 Å². The summed E-state index contributed by atoms with van der Waals surface area (Å²) in [6.45, 7) is 0.679. The molecule has 0 saturated heterocycles. The Bertz CT molecular complexity index is 1300. The van der Waals surface area contributed by atoms with Crippen LogP contribution in [0.2, 0.25) is 0 Å². The number of nitrogens with zero attached hydrogens (tertiary/aromatic N) is 3. The molecule has 0 atom stereocenters. The molecule has 0 unspecified atom stereocenters. The van der Waals surface area contributed by atoms with Gasteiger partial charge in [-0.15, -0.1) is 0 Å². The number of hydrogen-bond acceptors (Lipinski definition) is 7. The topological polar surface area (TPSA) is 102 Å². The van der Waals surface area contributed by atoms with E-state index < -0.39 is 17.2 Å². The van der Waals surface area contributed by atoms with Crippen molar-refractivity contribution in [2.45, 2.75) is 19.5 Å². The fourth-order valence-corrected chi connectivity index (χ4v) is 4.00. The number of aryl methyl sites for hydroxylation is 1. The third-order valence-electron chi connectivity index (χ3n) is 5.18. The van der Waals surface area contributed by atoms with Gasteiger partial charge in [0, 0.05) is 45.6 Å². The number of carbonyl (C=O) groups is 2. The fraction of sp³-hybridized carbons (Fsp3) is 0.280. The van der Waals surface area contributed by atoms with Gasteiger partial charge in [-0.05, 0) is 53.1 Å². The third kappa shape index (κ3) is 6.62. The third-order valence-corrected chi connectivity index (χ3v) is 5.91. The number of nitriles is 1. The van der Waals surface area contributed by atoms with Crippen LogP contribution in [-0.2, 0) is 22.6 Å². The number of rotatable bonds is 11. The molecule has 0 saturated carbocycles. The Hall–Kier alpha value is -3.81. The van der Waals surface area contributed by atoms with Crippen LogP contribution < -0.4 is 10.3 Å². The number of halogens is 1. The summed E-state index contributed by atoms with van der Waals surface area (Å²) < 4.78 is 25.9. The normalized spacial score (nSPS) is 10.6. The van der Waals surface area contributed by atoms with Gasteiger partial charge in [-0.2, -0.15) is 16.6 Å². The van der Waals surface area contributed by atoms with Crippen molar-refractivity contribution < 1.29 is 23.5 Å². The van der Waals surface area contributed by atoms with E-state index in [0.29, 0.717) is 19.6 Å². The summed E-state index contributed by atoms with van der Waals surface area (Å²) in [7, 11) is 3.16. The number of hydrogen-bond donors (Lipinski definition) is 0. The molecule has 2 aromatic heterocycles. The Labute approximate surface area is 205 Å². The quantitative estimate of drug-likeness (QED) is 0.298. The molecule has 0 aliphatic rings. The van der Waals surface area contributed by atoms with Crippen LogP contribution >= 0.6 is 11.3 Å². The van der Waals surface area contributed by atoms with E-state index in [4.69, 9.17) is 9.47 Å². The predicted molar refractivity (Wildman–Crippen MR) is 128 cm³/mol. The van der Waals surface area contributed by atoms with Crippen LogP contribution in [0, 0.1) is 17.1 Å². The minimum absolute atomic E-state index is 0.0179. The van der Waals surface area contributed by atoms with Gasteiger partial charge in [0.1, 0.15) is 23.2 Å². The predicted octanol–water partition coefficient (Wildman–Crippen LogP) is 3.23. The number of benzene rings is 1. The number of amides is 1. The molecule has 0 N–H and O–H groups in total. The molecule has 0 radical (unpaired) electrons. The van der Waals surface area contributed by atoms with Gasteiger partial charge >= 0.3 is 0 Å². The largest absolute Gasteiger partial charge is 0.483 e. The van der Waals surface area contributed by atoms with Crippen molar-refractivity contribution in [1.82, 2.24) is 9.47 Å². The molecule has 182 valence electrons. The average Bonchev–Trinajstić information content (AvgIpc) is 3.36. The minimum Gasteiger partial charge on any atom is -0.483 e. The zero-order valence-corrected chi connectivity index (χ0v) is 20.1. The Morgan fingerprint density at radius 1 is 1.26 bits per heavy atom. The summed E-state index contributed by atoms with van der Waals surface area (Å²) in [4.78, 5) is 39.7. The number of aromatic nitrogens is 1. The molecule has 2 heterocycles. The zero-order valence-electron chi connectivity index (χ0n) is 19.3. The molecule has 10 heteroatoms. The van der Waals surface area contributed by atoms with Crippen LogP contribution in [0.4, 0.5) is 4.39 Å². The van der Waals surface area contributed by atoms with Crippen LogP contribution in [-0.4, -0.2) is 48.5 Å². The van der Waals surface area contributed by atoms with Gasteiger partial charge < -0.3 is 18.9 Å². The number of ketones is 1. The Morgan fingerprint density at radius 2 is 2.06 bits per heavy atom. The van der Waals surface area contributed by atoms with E-state index in [1.807, 2.05) is 16.8 Å². The van der Waals surface area contributed by atoms with Gasteiger partial charge in [0.2, 0.25) is 0 Å². The summed E-state index contributed by atoms with van der Waals surface area (Å²) in [5, 5.41) is 13.2. The second-order valence-electron chi connectivity index (χ2n) is 7.74. The number of likely N-dealkylation sites (N-methyl/N-ethyl adjacent to an activating group) is 1. The first-order valence-electron chi connectivity index (χ1n) is 10.7. The number of carbonyl (C=O) groups excluding carboxylic acids is 2. The lowest BCUT2D eigenvalue weighted by molar-refractivity contribution is -0.132. The first kappa shape index (κ1) is 25.8. The van der Waals surface area contributed by atoms with Crippen molar-refractivity contribution in [2.24, 2.45) is 0 Å². The molecule has 0 spiro atoms. The lowest BCUT2D eigenvalue weighted by Crippen LogP contribution is -2.31. The van der Waals surface area contributed by atoms with Crippen LogP contribution in [0.1, 0.15) is 33.5 Å². The second kappa shape index (κ2) is 12.1. The average molecular weight is 498 g/mol. The van der Waals surface area contributed by atoms with E-state index in [0.717, 1.165) is 17.7 Å². The van der Waals surface area contributed by atoms with E-state index >= 15 is 0 Å². The van der Waals surface area contributed by atoms with E-state index in [1.165, 1.54) is 46.2 Å². The highest BCUT2D eigenvalue weighted by molar-refractivity contribution is 7.07.